The number of rotatable bonds is 8. The Bertz CT molecular complexity index is 787. The van der Waals surface area contributed by atoms with Crippen molar-refractivity contribution in [1.82, 2.24) is 19.5 Å². The second-order valence-electron chi connectivity index (χ2n) is 6.27. The number of nitrogen functional groups attached to an aromatic ring is 1. The SMILES string of the molecule is CC(C)[C@H](N)C(=O)OCC(CCl)CCn1cnc2c(=O)[nH]c(N)nc21. The Kier molecular flexibility index (Phi) is 6.38. The first kappa shape index (κ1) is 19.2. The average Bonchev–Trinajstić information content (AvgIpc) is 2.97. The minimum absolute atomic E-state index is 0.00823. The van der Waals surface area contributed by atoms with E-state index in [-0.39, 0.29) is 35.5 Å². The number of fused-ring (bicyclic) bond motifs is 1. The molecule has 9 nitrogen and oxygen atoms in total. The Balaban J connectivity index is 1.97. The van der Waals surface area contributed by atoms with Crippen LogP contribution in [-0.4, -0.2) is 44.0 Å². The summed E-state index contributed by atoms with van der Waals surface area (Å²) in [5, 5.41) is 0. The number of alkyl halides is 1. The van der Waals surface area contributed by atoms with Crippen molar-refractivity contribution in [1.29, 1.82) is 0 Å². The molecule has 138 valence electrons. The Morgan fingerprint density at radius 2 is 2.20 bits per heavy atom. The zero-order chi connectivity index (χ0) is 18.6. The summed E-state index contributed by atoms with van der Waals surface area (Å²) in [6.07, 6.45) is 2.14. The molecule has 0 aliphatic heterocycles. The van der Waals surface area contributed by atoms with Crippen LogP contribution in [0.4, 0.5) is 5.95 Å². The summed E-state index contributed by atoms with van der Waals surface area (Å²) in [6.45, 7) is 4.41. The van der Waals surface area contributed by atoms with Crippen LogP contribution in [0.3, 0.4) is 0 Å². The van der Waals surface area contributed by atoms with Crippen LogP contribution < -0.4 is 17.0 Å². The van der Waals surface area contributed by atoms with Crippen molar-refractivity contribution >= 4 is 34.7 Å². The van der Waals surface area contributed by atoms with Crippen molar-refractivity contribution in [3.8, 4) is 0 Å². The number of aromatic nitrogens is 4. The molecule has 25 heavy (non-hydrogen) atoms. The van der Waals surface area contributed by atoms with E-state index < -0.39 is 12.0 Å². The van der Waals surface area contributed by atoms with E-state index in [1.54, 1.807) is 4.57 Å². The molecule has 0 aliphatic rings. The predicted molar refractivity (Wildman–Crippen MR) is 95.2 cm³/mol. The van der Waals surface area contributed by atoms with Gasteiger partial charge in [0.15, 0.2) is 11.2 Å². The van der Waals surface area contributed by atoms with Crippen LogP contribution in [0.2, 0.25) is 0 Å². The van der Waals surface area contributed by atoms with Gasteiger partial charge in [-0.05, 0) is 12.3 Å². The minimum atomic E-state index is -0.646. The molecule has 2 heterocycles. The highest BCUT2D eigenvalue weighted by Gasteiger charge is 2.20. The predicted octanol–water partition coefficient (Wildman–Crippen LogP) is 0.473. The lowest BCUT2D eigenvalue weighted by Gasteiger charge is -2.18. The van der Waals surface area contributed by atoms with Crippen molar-refractivity contribution in [2.24, 2.45) is 17.6 Å². The number of carbonyl (C=O) groups excluding carboxylic acids is 1. The fraction of sp³-hybridized carbons (Fsp3) is 0.600. The third-order valence-corrected chi connectivity index (χ3v) is 4.38. The van der Waals surface area contributed by atoms with E-state index in [9.17, 15) is 9.59 Å². The molecular formula is C15H23ClN6O3. The van der Waals surface area contributed by atoms with E-state index in [2.05, 4.69) is 15.0 Å². The van der Waals surface area contributed by atoms with E-state index in [1.165, 1.54) is 6.33 Å². The Morgan fingerprint density at radius 3 is 2.84 bits per heavy atom. The van der Waals surface area contributed by atoms with Gasteiger partial charge in [-0.1, -0.05) is 13.8 Å². The number of esters is 1. The summed E-state index contributed by atoms with van der Waals surface area (Å²) in [5.41, 5.74) is 11.6. The third kappa shape index (κ3) is 4.70. The molecule has 0 fully saturated rings. The van der Waals surface area contributed by atoms with Crippen molar-refractivity contribution < 1.29 is 9.53 Å². The molecule has 2 aromatic rings. The lowest BCUT2D eigenvalue weighted by Crippen LogP contribution is -2.37. The third-order valence-electron chi connectivity index (χ3n) is 3.94. The number of nitrogens with one attached hydrogen (secondary N) is 1. The highest BCUT2D eigenvalue weighted by atomic mass is 35.5. The van der Waals surface area contributed by atoms with Crippen LogP contribution in [0.1, 0.15) is 20.3 Å². The van der Waals surface area contributed by atoms with Gasteiger partial charge < -0.3 is 20.8 Å². The normalized spacial score (nSPS) is 14.0. The van der Waals surface area contributed by atoms with Gasteiger partial charge in [0.05, 0.1) is 12.9 Å². The number of nitrogens with zero attached hydrogens (tertiary/aromatic N) is 3. The number of aromatic amines is 1. The molecule has 2 atom stereocenters. The molecule has 5 N–H and O–H groups in total. The first-order valence-corrected chi connectivity index (χ1v) is 8.55. The summed E-state index contributed by atoms with van der Waals surface area (Å²) < 4.78 is 6.97. The molecule has 1 unspecified atom stereocenters. The Morgan fingerprint density at radius 1 is 1.48 bits per heavy atom. The number of H-pyrrole nitrogens is 1. The van der Waals surface area contributed by atoms with Gasteiger partial charge >= 0.3 is 5.97 Å². The fourth-order valence-corrected chi connectivity index (χ4v) is 2.47. The molecule has 0 aromatic carbocycles. The first-order valence-electron chi connectivity index (χ1n) is 8.02. The van der Waals surface area contributed by atoms with Crippen LogP contribution in [0.5, 0.6) is 0 Å². The molecule has 2 aromatic heterocycles. The maximum atomic E-state index is 11.8. The van der Waals surface area contributed by atoms with E-state index in [0.717, 1.165) is 0 Å². The number of imidazole rings is 1. The molecule has 10 heteroatoms. The van der Waals surface area contributed by atoms with Crippen LogP contribution in [-0.2, 0) is 16.1 Å². The molecule has 0 bridgehead atoms. The van der Waals surface area contributed by atoms with Gasteiger partial charge in [0.25, 0.3) is 5.56 Å². The first-order chi connectivity index (χ1) is 11.8. The van der Waals surface area contributed by atoms with Crippen molar-refractivity contribution in [2.75, 3.05) is 18.2 Å². The van der Waals surface area contributed by atoms with Gasteiger partial charge in [-0.25, -0.2) is 4.98 Å². The van der Waals surface area contributed by atoms with E-state index >= 15 is 0 Å². The molecule has 0 amide bonds. The number of nitrogens with two attached hydrogens (primary N) is 2. The number of hydrogen-bond acceptors (Lipinski definition) is 7. The number of hydrogen-bond donors (Lipinski definition) is 3. The van der Waals surface area contributed by atoms with E-state index in [0.29, 0.717) is 24.5 Å². The van der Waals surface area contributed by atoms with Crippen LogP contribution in [0, 0.1) is 11.8 Å². The van der Waals surface area contributed by atoms with Gasteiger partial charge in [-0.15, -0.1) is 11.6 Å². The largest absolute Gasteiger partial charge is 0.464 e. The van der Waals surface area contributed by atoms with Gasteiger partial charge in [-0.3, -0.25) is 14.6 Å². The molecule has 0 saturated heterocycles. The van der Waals surface area contributed by atoms with Crippen LogP contribution in [0.25, 0.3) is 11.2 Å². The van der Waals surface area contributed by atoms with Crippen LogP contribution in [0.15, 0.2) is 11.1 Å². The second-order valence-corrected chi connectivity index (χ2v) is 6.58. The Labute approximate surface area is 149 Å². The number of carbonyl (C=O) groups is 1. The number of aryl methyl sites for hydroxylation is 1. The van der Waals surface area contributed by atoms with Crippen LogP contribution >= 0.6 is 11.6 Å². The molecule has 2 rings (SSSR count). The molecular weight excluding hydrogens is 348 g/mol. The summed E-state index contributed by atoms with van der Waals surface area (Å²) in [7, 11) is 0. The zero-order valence-electron chi connectivity index (χ0n) is 14.2. The number of halogens is 1. The highest BCUT2D eigenvalue weighted by Crippen LogP contribution is 2.13. The monoisotopic (exact) mass is 370 g/mol. The smallest absolute Gasteiger partial charge is 0.323 e. The highest BCUT2D eigenvalue weighted by molar-refractivity contribution is 6.18. The summed E-state index contributed by atoms with van der Waals surface area (Å²) in [6, 6.07) is -0.646. The molecule has 0 aliphatic carbocycles. The quantitative estimate of drug-likeness (QED) is 0.453. The Hall–Kier alpha value is -2.13. The average molecular weight is 371 g/mol. The van der Waals surface area contributed by atoms with Gasteiger partial charge in [0.1, 0.15) is 6.04 Å². The second kappa shape index (κ2) is 8.30. The molecule has 0 spiro atoms. The molecule has 0 saturated carbocycles. The fourth-order valence-electron chi connectivity index (χ4n) is 2.23. The maximum absolute atomic E-state index is 11.8. The summed E-state index contributed by atoms with van der Waals surface area (Å²) in [5.74, 6) is -0.118. The number of anilines is 1. The van der Waals surface area contributed by atoms with Gasteiger partial charge in [-0.2, -0.15) is 4.98 Å². The minimum Gasteiger partial charge on any atom is -0.464 e. The van der Waals surface area contributed by atoms with Crippen molar-refractivity contribution in [3.63, 3.8) is 0 Å². The maximum Gasteiger partial charge on any atom is 0.323 e. The number of ether oxygens (including phenoxy) is 1. The van der Waals surface area contributed by atoms with E-state index in [4.69, 9.17) is 27.8 Å². The molecule has 0 radical (unpaired) electrons. The van der Waals surface area contributed by atoms with Gasteiger partial charge in [0.2, 0.25) is 5.95 Å². The van der Waals surface area contributed by atoms with E-state index in [1.807, 2.05) is 13.8 Å². The summed E-state index contributed by atoms with van der Waals surface area (Å²) >= 11 is 5.96. The zero-order valence-corrected chi connectivity index (χ0v) is 15.0. The lowest BCUT2D eigenvalue weighted by atomic mass is 10.1. The topological polar surface area (TPSA) is 142 Å². The lowest BCUT2D eigenvalue weighted by molar-refractivity contribution is -0.147. The standard InChI is InChI=1S/C15H23ClN6O3/c1-8(2)10(17)14(24)25-6-9(5-16)3-4-22-7-19-11-12(22)20-15(18)21-13(11)23/h7-10H,3-6,17H2,1-2H3,(H3,18,20,21,23)/t9?,10-/m0/s1. The van der Waals surface area contributed by atoms with Gasteiger partial charge in [0, 0.05) is 18.3 Å². The van der Waals surface area contributed by atoms with Crippen molar-refractivity contribution in [2.45, 2.75) is 32.9 Å². The van der Waals surface area contributed by atoms with Crippen molar-refractivity contribution in [3.05, 3.63) is 16.7 Å². The summed E-state index contributed by atoms with van der Waals surface area (Å²) in [4.78, 5) is 34.1.